The van der Waals surface area contributed by atoms with Crippen LogP contribution in [-0.4, -0.2) is 11.6 Å². The highest BCUT2D eigenvalue weighted by Crippen LogP contribution is 2.10. The molecule has 0 heterocycles. The van der Waals surface area contributed by atoms with Crippen LogP contribution < -0.4 is 11.2 Å². The first-order chi connectivity index (χ1) is 9.56. The number of benzene rings is 2. The quantitative estimate of drug-likeness (QED) is 0.517. The van der Waals surface area contributed by atoms with Crippen molar-refractivity contribution < 1.29 is 4.79 Å². The summed E-state index contributed by atoms with van der Waals surface area (Å²) in [5.74, 6) is -0.287. The van der Waals surface area contributed by atoms with E-state index in [-0.39, 0.29) is 5.91 Å². The second-order valence-corrected chi connectivity index (χ2v) is 4.71. The maximum Gasteiger partial charge on any atom is 0.271 e. The number of hydrazone groups is 1. The monoisotopic (exact) mass is 287 g/mol. The summed E-state index contributed by atoms with van der Waals surface area (Å²) >= 11 is 5.77. The Hall–Kier alpha value is -2.33. The molecule has 0 atom stereocenters. The summed E-state index contributed by atoms with van der Waals surface area (Å²) in [5, 5.41) is 4.65. The van der Waals surface area contributed by atoms with Crippen molar-refractivity contribution in [3.8, 4) is 0 Å². The van der Waals surface area contributed by atoms with Gasteiger partial charge >= 0.3 is 0 Å². The molecular weight excluding hydrogens is 274 g/mol. The topological polar surface area (TPSA) is 67.5 Å². The number of anilines is 1. The molecule has 0 saturated heterocycles. The van der Waals surface area contributed by atoms with Gasteiger partial charge in [-0.15, -0.1) is 0 Å². The lowest BCUT2D eigenvalue weighted by Gasteiger charge is -2.04. The minimum Gasteiger partial charge on any atom is -0.399 e. The zero-order valence-electron chi connectivity index (χ0n) is 10.9. The lowest BCUT2D eigenvalue weighted by Crippen LogP contribution is -2.19. The first-order valence-electron chi connectivity index (χ1n) is 6.02. The van der Waals surface area contributed by atoms with E-state index in [2.05, 4.69) is 10.5 Å². The standard InChI is InChI=1S/C15H14ClN3O/c1-10(12-3-2-4-14(17)9-12)18-19-15(20)11-5-7-13(16)8-6-11/h2-9H,17H2,1H3,(H,19,20). The molecule has 0 aliphatic heterocycles. The summed E-state index contributed by atoms with van der Waals surface area (Å²) < 4.78 is 0. The van der Waals surface area contributed by atoms with Gasteiger partial charge in [-0.3, -0.25) is 4.79 Å². The molecule has 3 N–H and O–H groups in total. The second-order valence-electron chi connectivity index (χ2n) is 4.27. The van der Waals surface area contributed by atoms with Crippen LogP contribution >= 0.6 is 11.6 Å². The Balaban J connectivity index is 2.08. The van der Waals surface area contributed by atoms with Gasteiger partial charge in [0.15, 0.2) is 0 Å². The van der Waals surface area contributed by atoms with Crippen LogP contribution in [-0.2, 0) is 0 Å². The average molecular weight is 288 g/mol. The van der Waals surface area contributed by atoms with E-state index in [0.717, 1.165) is 5.56 Å². The van der Waals surface area contributed by atoms with Crippen molar-refractivity contribution in [1.82, 2.24) is 5.43 Å². The second kappa shape index (κ2) is 6.21. The van der Waals surface area contributed by atoms with Crippen molar-refractivity contribution >= 4 is 28.9 Å². The number of carbonyl (C=O) groups is 1. The van der Waals surface area contributed by atoms with Crippen molar-refractivity contribution in [2.24, 2.45) is 5.10 Å². The molecule has 0 aromatic heterocycles. The number of nitrogens with one attached hydrogen (secondary N) is 1. The molecule has 0 aliphatic rings. The van der Waals surface area contributed by atoms with Gasteiger partial charge in [0.1, 0.15) is 0 Å². The molecule has 0 aliphatic carbocycles. The minimum absolute atomic E-state index is 0.287. The SMILES string of the molecule is CC(=NNC(=O)c1ccc(Cl)cc1)c1cccc(N)c1. The molecule has 2 aromatic rings. The fourth-order valence-corrected chi connectivity index (χ4v) is 1.75. The molecule has 5 heteroatoms. The van der Waals surface area contributed by atoms with Crippen LogP contribution in [0.25, 0.3) is 0 Å². The fourth-order valence-electron chi connectivity index (χ4n) is 1.63. The maximum absolute atomic E-state index is 11.9. The van der Waals surface area contributed by atoms with Crippen LogP contribution in [0.5, 0.6) is 0 Å². The highest BCUT2D eigenvalue weighted by molar-refractivity contribution is 6.30. The average Bonchev–Trinajstić information content (AvgIpc) is 2.45. The van der Waals surface area contributed by atoms with Crippen LogP contribution in [0.1, 0.15) is 22.8 Å². The smallest absolute Gasteiger partial charge is 0.271 e. The van der Waals surface area contributed by atoms with Gasteiger partial charge in [0.2, 0.25) is 0 Å². The molecule has 0 spiro atoms. The number of hydrogen-bond donors (Lipinski definition) is 2. The van der Waals surface area contributed by atoms with Crippen molar-refractivity contribution in [3.63, 3.8) is 0 Å². The van der Waals surface area contributed by atoms with Gasteiger partial charge in [0, 0.05) is 16.3 Å². The largest absolute Gasteiger partial charge is 0.399 e. The van der Waals surface area contributed by atoms with Gasteiger partial charge in [-0.2, -0.15) is 5.10 Å². The number of hydrogen-bond acceptors (Lipinski definition) is 3. The number of amides is 1. The van der Waals surface area contributed by atoms with E-state index in [0.29, 0.717) is 22.0 Å². The summed E-state index contributed by atoms with van der Waals surface area (Å²) in [4.78, 5) is 11.9. The molecule has 0 saturated carbocycles. The number of halogens is 1. The van der Waals surface area contributed by atoms with Crippen LogP contribution in [0, 0.1) is 0 Å². The van der Waals surface area contributed by atoms with Crippen LogP contribution in [0.4, 0.5) is 5.69 Å². The predicted octanol–water partition coefficient (Wildman–Crippen LogP) is 3.08. The Kier molecular flexibility index (Phi) is 4.38. The van der Waals surface area contributed by atoms with Crippen LogP contribution in [0.2, 0.25) is 5.02 Å². The highest BCUT2D eigenvalue weighted by atomic mass is 35.5. The number of carbonyl (C=O) groups excluding carboxylic acids is 1. The summed E-state index contributed by atoms with van der Waals surface area (Å²) in [6.07, 6.45) is 0. The Morgan fingerprint density at radius 1 is 1.15 bits per heavy atom. The lowest BCUT2D eigenvalue weighted by atomic mass is 10.1. The van der Waals surface area contributed by atoms with E-state index < -0.39 is 0 Å². The van der Waals surface area contributed by atoms with Gasteiger partial charge in [-0.25, -0.2) is 5.43 Å². The Morgan fingerprint density at radius 2 is 1.85 bits per heavy atom. The van der Waals surface area contributed by atoms with Crippen LogP contribution in [0.3, 0.4) is 0 Å². The zero-order valence-corrected chi connectivity index (χ0v) is 11.7. The van der Waals surface area contributed by atoms with E-state index in [9.17, 15) is 4.79 Å². The summed E-state index contributed by atoms with van der Waals surface area (Å²) in [6.45, 7) is 1.80. The number of nitrogens with two attached hydrogens (primary N) is 1. The third kappa shape index (κ3) is 3.59. The van der Waals surface area contributed by atoms with Gasteiger partial charge in [-0.1, -0.05) is 23.7 Å². The van der Waals surface area contributed by atoms with Crippen molar-refractivity contribution in [1.29, 1.82) is 0 Å². The Morgan fingerprint density at radius 3 is 2.50 bits per heavy atom. The van der Waals surface area contributed by atoms with Gasteiger partial charge in [0.25, 0.3) is 5.91 Å². The molecule has 0 radical (unpaired) electrons. The van der Waals surface area contributed by atoms with E-state index in [1.165, 1.54) is 0 Å². The number of rotatable bonds is 3. The molecule has 0 unspecified atom stereocenters. The minimum atomic E-state index is -0.287. The first kappa shape index (κ1) is 14.1. The number of nitrogen functional groups attached to an aromatic ring is 1. The molecule has 102 valence electrons. The van der Waals surface area contributed by atoms with Crippen molar-refractivity contribution in [3.05, 3.63) is 64.7 Å². The molecule has 2 rings (SSSR count). The van der Waals surface area contributed by atoms with Crippen molar-refractivity contribution in [2.45, 2.75) is 6.92 Å². The molecule has 0 fully saturated rings. The van der Waals surface area contributed by atoms with Crippen molar-refractivity contribution in [2.75, 3.05) is 5.73 Å². The predicted molar refractivity (Wildman–Crippen MR) is 82.0 cm³/mol. The van der Waals surface area contributed by atoms with Gasteiger partial charge in [0.05, 0.1) is 5.71 Å². The first-order valence-corrected chi connectivity index (χ1v) is 6.40. The zero-order chi connectivity index (χ0) is 14.5. The Labute approximate surface area is 122 Å². The summed E-state index contributed by atoms with van der Waals surface area (Å²) in [5.41, 5.74) is 10.9. The van der Waals surface area contributed by atoms with Gasteiger partial charge in [-0.05, 0) is 48.9 Å². The lowest BCUT2D eigenvalue weighted by molar-refractivity contribution is 0.0955. The van der Waals surface area contributed by atoms with Gasteiger partial charge < -0.3 is 5.73 Å². The highest BCUT2D eigenvalue weighted by Gasteiger charge is 2.04. The third-order valence-corrected chi connectivity index (χ3v) is 2.99. The molecule has 2 aromatic carbocycles. The normalized spacial score (nSPS) is 11.2. The summed E-state index contributed by atoms with van der Waals surface area (Å²) in [6, 6.07) is 13.9. The van der Waals surface area contributed by atoms with E-state index in [4.69, 9.17) is 17.3 Å². The maximum atomic E-state index is 11.9. The van der Waals surface area contributed by atoms with E-state index >= 15 is 0 Å². The molecular formula is C15H14ClN3O. The van der Waals surface area contributed by atoms with E-state index in [1.807, 2.05) is 12.1 Å². The van der Waals surface area contributed by atoms with Crippen LogP contribution in [0.15, 0.2) is 53.6 Å². The fraction of sp³-hybridized carbons (Fsp3) is 0.0667. The van der Waals surface area contributed by atoms with E-state index in [1.54, 1.807) is 43.3 Å². The molecule has 20 heavy (non-hydrogen) atoms. The molecule has 4 nitrogen and oxygen atoms in total. The number of nitrogens with zero attached hydrogens (tertiary/aromatic N) is 1. The molecule has 1 amide bonds. The summed E-state index contributed by atoms with van der Waals surface area (Å²) in [7, 11) is 0. The molecule has 0 bridgehead atoms. The third-order valence-electron chi connectivity index (χ3n) is 2.74. The Bertz CT molecular complexity index is 650.